The number of halogens is 1. The summed E-state index contributed by atoms with van der Waals surface area (Å²) in [5.74, 6) is -0.0837. The number of benzene rings is 1. The first-order valence-electron chi connectivity index (χ1n) is 8.48. The highest BCUT2D eigenvalue weighted by molar-refractivity contribution is 5.21. The van der Waals surface area contributed by atoms with E-state index in [1.54, 1.807) is 12.1 Å². The van der Waals surface area contributed by atoms with E-state index in [0.717, 1.165) is 37.5 Å². The topological polar surface area (TPSA) is 15.3 Å². The van der Waals surface area contributed by atoms with Gasteiger partial charge in [0.1, 0.15) is 5.82 Å². The van der Waals surface area contributed by atoms with Gasteiger partial charge in [-0.15, -0.1) is 0 Å². The van der Waals surface area contributed by atoms with Crippen LogP contribution in [0.4, 0.5) is 4.39 Å². The predicted octanol–water partition coefficient (Wildman–Crippen LogP) is 4.13. The summed E-state index contributed by atoms with van der Waals surface area (Å²) in [4.78, 5) is 2.58. The van der Waals surface area contributed by atoms with E-state index in [9.17, 15) is 4.39 Å². The summed E-state index contributed by atoms with van der Waals surface area (Å²) in [6.07, 6.45) is 5.92. The molecule has 1 saturated heterocycles. The van der Waals surface area contributed by atoms with Crippen LogP contribution < -0.4 is 5.32 Å². The number of hydrogen-bond acceptors (Lipinski definition) is 2. The molecule has 118 valence electrons. The molecule has 21 heavy (non-hydrogen) atoms. The van der Waals surface area contributed by atoms with E-state index in [-0.39, 0.29) is 11.9 Å². The number of nitrogens with one attached hydrogen (secondary N) is 1. The van der Waals surface area contributed by atoms with Crippen LogP contribution in [0.2, 0.25) is 0 Å². The molecule has 1 aromatic carbocycles. The molecule has 0 aromatic heterocycles. The van der Waals surface area contributed by atoms with Crippen molar-refractivity contribution in [3.63, 3.8) is 0 Å². The fraction of sp³-hybridized carbons (Fsp3) is 0.667. The highest BCUT2D eigenvalue weighted by atomic mass is 19.1. The van der Waals surface area contributed by atoms with Crippen molar-refractivity contribution in [2.24, 2.45) is 0 Å². The molecule has 1 fully saturated rings. The Balaban J connectivity index is 1.98. The lowest BCUT2D eigenvalue weighted by Gasteiger charge is -2.27. The van der Waals surface area contributed by atoms with Gasteiger partial charge in [-0.2, -0.15) is 0 Å². The van der Waals surface area contributed by atoms with Crippen molar-refractivity contribution in [1.82, 2.24) is 10.2 Å². The summed E-state index contributed by atoms with van der Waals surface area (Å²) in [6.45, 7) is 7.63. The fourth-order valence-electron chi connectivity index (χ4n) is 3.39. The van der Waals surface area contributed by atoms with Crippen molar-refractivity contribution >= 4 is 0 Å². The van der Waals surface area contributed by atoms with Gasteiger partial charge in [0.15, 0.2) is 0 Å². The first-order chi connectivity index (χ1) is 10.3. The van der Waals surface area contributed by atoms with Crippen LogP contribution in [0, 0.1) is 5.82 Å². The molecule has 1 heterocycles. The highest BCUT2D eigenvalue weighted by Crippen LogP contribution is 2.24. The molecule has 3 heteroatoms. The van der Waals surface area contributed by atoms with Crippen molar-refractivity contribution in [1.29, 1.82) is 0 Å². The molecule has 2 unspecified atom stereocenters. The van der Waals surface area contributed by atoms with E-state index in [2.05, 4.69) is 24.1 Å². The molecule has 0 bridgehead atoms. The largest absolute Gasteiger partial charge is 0.310 e. The van der Waals surface area contributed by atoms with Crippen molar-refractivity contribution in [2.45, 2.75) is 58.0 Å². The maximum Gasteiger partial charge on any atom is 0.127 e. The maximum absolute atomic E-state index is 14.1. The Hall–Kier alpha value is -0.930. The van der Waals surface area contributed by atoms with Crippen LogP contribution in [-0.4, -0.2) is 30.6 Å². The van der Waals surface area contributed by atoms with Gasteiger partial charge < -0.3 is 10.2 Å². The van der Waals surface area contributed by atoms with Gasteiger partial charge in [0, 0.05) is 24.2 Å². The summed E-state index contributed by atoms with van der Waals surface area (Å²) in [5.41, 5.74) is 0.818. The molecule has 1 aromatic rings. The standard InChI is InChI=1S/C18H29FN2/c1-3-12-20-18(16-9-5-6-10-17(16)19)11-14-21-13-7-8-15(21)4-2/h5-6,9-10,15,18,20H,3-4,7-8,11-14H2,1-2H3. The molecule has 0 radical (unpaired) electrons. The van der Waals surface area contributed by atoms with Crippen LogP contribution in [0.5, 0.6) is 0 Å². The van der Waals surface area contributed by atoms with Gasteiger partial charge in [-0.3, -0.25) is 0 Å². The van der Waals surface area contributed by atoms with E-state index in [0.29, 0.717) is 0 Å². The highest BCUT2D eigenvalue weighted by Gasteiger charge is 2.24. The molecule has 0 spiro atoms. The van der Waals surface area contributed by atoms with Crippen LogP contribution in [0.25, 0.3) is 0 Å². The zero-order chi connectivity index (χ0) is 15.1. The average Bonchev–Trinajstić information content (AvgIpc) is 2.96. The lowest BCUT2D eigenvalue weighted by molar-refractivity contribution is 0.233. The van der Waals surface area contributed by atoms with E-state index in [4.69, 9.17) is 0 Å². The lowest BCUT2D eigenvalue weighted by atomic mass is 10.0. The fourth-order valence-corrected chi connectivity index (χ4v) is 3.39. The van der Waals surface area contributed by atoms with Crippen molar-refractivity contribution < 1.29 is 4.39 Å². The van der Waals surface area contributed by atoms with Gasteiger partial charge in [0.25, 0.3) is 0 Å². The smallest absolute Gasteiger partial charge is 0.127 e. The molecule has 1 aliphatic rings. The Morgan fingerprint density at radius 1 is 1.33 bits per heavy atom. The number of nitrogens with zero attached hydrogens (tertiary/aromatic N) is 1. The van der Waals surface area contributed by atoms with Gasteiger partial charge in [-0.1, -0.05) is 32.0 Å². The third kappa shape index (κ3) is 4.52. The summed E-state index contributed by atoms with van der Waals surface area (Å²) in [5, 5.41) is 3.52. The minimum atomic E-state index is -0.0837. The molecule has 2 atom stereocenters. The van der Waals surface area contributed by atoms with E-state index < -0.39 is 0 Å². The van der Waals surface area contributed by atoms with E-state index in [1.807, 2.05) is 12.1 Å². The van der Waals surface area contributed by atoms with Crippen molar-refractivity contribution in [2.75, 3.05) is 19.6 Å². The zero-order valence-corrected chi connectivity index (χ0v) is 13.4. The van der Waals surface area contributed by atoms with E-state index >= 15 is 0 Å². The Kier molecular flexibility index (Phi) is 6.65. The van der Waals surface area contributed by atoms with Crippen LogP contribution in [0.1, 0.15) is 57.6 Å². The van der Waals surface area contributed by atoms with Gasteiger partial charge >= 0.3 is 0 Å². The molecule has 0 saturated carbocycles. The molecule has 1 N–H and O–H groups in total. The van der Waals surface area contributed by atoms with Gasteiger partial charge in [-0.05, 0) is 51.3 Å². The van der Waals surface area contributed by atoms with Crippen LogP contribution in [-0.2, 0) is 0 Å². The average molecular weight is 292 g/mol. The van der Waals surface area contributed by atoms with E-state index in [1.165, 1.54) is 25.8 Å². The third-order valence-electron chi connectivity index (χ3n) is 4.60. The van der Waals surface area contributed by atoms with Crippen molar-refractivity contribution in [3.8, 4) is 0 Å². The van der Waals surface area contributed by atoms with Crippen molar-refractivity contribution in [3.05, 3.63) is 35.6 Å². The molecule has 1 aliphatic heterocycles. The SMILES string of the molecule is CCCNC(CCN1CCCC1CC)c1ccccc1F. The van der Waals surface area contributed by atoms with Crippen LogP contribution in [0.3, 0.4) is 0 Å². The molecule has 2 rings (SSSR count). The Bertz CT molecular complexity index is 421. The lowest BCUT2D eigenvalue weighted by Crippen LogP contribution is -2.33. The second-order valence-electron chi connectivity index (χ2n) is 6.06. The molecule has 0 aliphatic carbocycles. The first-order valence-corrected chi connectivity index (χ1v) is 8.48. The predicted molar refractivity (Wildman–Crippen MR) is 86.9 cm³/mol. The van der Waals surface area contributed by atoms with Crippen LogP contribution in [0.15, 0.2) is 24.3 Å². The summed E-state index contributed by atoms with van der Waals surface area (Å²) >= 11 is 0. The monoisotopic (exact) mass is 292 g/mol. The molecular weight excluding hydrogens is 263 g/mol. The first kappa shape index (κ1) is 16.4. The Morgan fingerprint density at radius 2 is 2.14 bits per heavy atom. The zero-order valence-electron chi connectivity index (χ0n) is 13.4. The summed E-state index contributed by atoms with van der Waals surface area (Å²) < 4.78 is 14.1. The number of hydrogen-bond donors (Lipinski definition) is 1. The normalized spacial score (nSPS) is 20.8. The van der Waals surface area contributed by atoms with Gasteiger partial charge in [-0.25, -0.2) is 4.39 Å². The van der Waals surface area contributed by atoms with Gasteiger partial charge in [0.2, 0.25) is 0 Å². The number of rotatable bonds is 8. The molecular formula is C18H29FN2. The second-order valence-corrected chi connectivity index (χ2v) is 6.06. The number of likely N-dealkylation sites (tertiary alicyclic amines) is 1. The summed E-state index contributed by atoms with van der Waals surface area (Å²) in [6, 6.07) is 8.05. The Labute approximate surface area is 128 Å². The molecule has 2 nitrogen and oxygen atoms in total. The minimum absolute atomic E-state index is 0.0837. The minimum Gasteiger partial charge on any atom is -0.310 e. The quantitative estimate of drug-likeness (QED) is 0.775. The van der Waals surface area contributed by atoms with Crippen LogP contribution >= 0.6 is 0 Å². The second kappa shape index (κ2) is 8.50. The Morgan fingerprint density at radius 3 is 2.86 bits per heavy atom. The third-order valence-corrected chi connectivity index (χ3v) is 4.60. The maximum atomic E-state index is 14.1. The molecule has 0 amide bonds. The van der Waals surface area contributed by atoms with Gasteiger partial charge in [0.05, 0.1) is 0 Å². The summed E-state index contributed by atoms with van der Waals surface area (Å²) in [7, 11) is 0.